The summed E-state index contributed by atoms with van der Waals surface area (Å²) >= 11 is 6.83. The molecule has 0 N–H and O–H groups in total. The smallest absolute Gasteiger partial charge is 0.293 e. The Morgan fingerprint density at radius 2 is 2.20 bits per heavy atom. The predicted octanol–water partition coefficient (Wildman–Crippen LogP) is 3.57. The molecule has 2 amide bonds. The third-order valence-corrected chi connectivity index (χ3v) is 3.81. The van der Waals surface area contributed by atoms with Crippen molar-refractivity contribution in [3.8, 4) is 5.75 Å². The first-order chi connectivity index (χ1) is 9.56. The summed E-state index contributed by atoms with van der Waals surface area (Å²) in [6.45, 7) is 3.73. The first kappa shape index (κ1) is 14.7. The highest BCUT2D eigenvalue weighted by Crippen LogP contribution is 2.34. The molecular weight excluding hydrogens is 298 g/mol. The summed E-state index contributed by atoms with van der Waals surface area (Å²) in [5, 5.41) is 0.226. The second kappa shape index (κ2) is 6.15. The van der Waals surface area contributed by atoms with Crippen molar-refractivity contribution in [2.45, 2.75) is 0 Å². The molecule has 0 bridgehead atoms. The van der Waals surface area contributed by atoms with Crippen molar-refractivity contribution < 1.29 is 14.3 Å². The van der Waals surface area contributed by atoms with E-state index in [2.05, 4.69) is 6.58 Å². The molecule has 0 aliphatic carbocycles. The zero-order valence-electron chi connectivity index (χ0n) is 10.8. The molecule has 0 aromatic heterocycles. The van der Waals surface area contributed by atoms with Gasteiger partial charge in [0.1, 0.15) is 5.75 Å². The highest BCUT2D eigenvalue weighted by molar-refractivity contribution is 8.18. The second-order valence-electron chi connectivity index (χ2n) is 3.97. The minimum atomic E-state index is -0.332. The third-order valence-electron chi connectivity index (χ3n) is 2.66. The van der Waals surface area contributed by atoms with E-state index < -0.39 is 0 Å². The van der Waals surface area contributed by atoms with Gasteiger partial charge in [-0.05, 0) is 36.0 Å². The van der Waals surface area contributed by atoms with Crippen LogP contribution in [0.2, 0.25) is 5.02 Å². The largest absolute Gasteiger partial charge is 0.496 e. The molecule has 0 spiro atoms. The van der Waals surface area contributed by atoms with E-state index in [1.165, 1.54) is 13.2 Å². The fourth-order valence-electron chi connectivity index (χ4n) is 1.75. The van der Waals surface area contributed by atoms with Gasteiger partial charge in [0.2, 0.25) is 0 Å². The average Bonchev–Trinajstić information content (AvgIpc) is 2.67. The summed E-state index contributed by atoms with van der Waals surface area (Å²) in [5.74, 6) is 0.256. The monoisotopic (exact) mass is 309 g/mol. The van der Waals surface area contributed by atoms with E-state index in [0.29, 0.717) is 21.2 Å². The van der Waals surface area contributed by atoms with Crippen LogP contribution in [0.1, 0.15) is 5.56 Å². The minimum Gasteiger partial charge on any atom is -0.496 e. The van der Waals surface area contributed by atoms with Gasteiger partial charge in [0.05, 0.1) is 12.0 Å². The van der Waals surface area contributed by atoms with Crippen LogP contribution in [0.4, 0.5) is 4.79 Å². The first-order valence-electron chi connectivity index (χ1n) is 5.76. The van der Waals surface area contributed by atoms with Crippen molar-refractivity contribution in [2.75, 3.05) is 13.7 Å². The Morgan fingerprint density at radius 3 is 2.85 bits per heavy atom. The molecule has 0 atom stereocenters. The van der Waals surface area contributed by atoms with Crippen molar-refractivity contribution in [1.82, 2.24) is 4.90 Å². The molecule has 1 fully saturated rings. The quantitative estimate of drug-likeness (QED) is 0.630. The lowest BCUT2D eigenvalue weighted by atomic mass is 10.2. The zero-order chi connectivity index (χ0) is 14.7. The molecule has 6 heteroatoms. The SMILES string of the molecule is C=CCN1C(=O)S/C(=C/c2cc(Cl)ccc2OC)C1=O. The zero-order valence-corrected chi connectivity index (χ0v) is 12.3. The summed E-state index contributed by atoms with van der Waals surface area (Å²) in [4.78, 5) is 25.3. The maximum Gasteiger partial charge on any atom is 0.293 e. The molecule has 4 nitrogen and oxygen atoms in total. The number of hydrogen-bond acceptors (Lipinski definition) is 4. The number of carbonyl (C=O) groups is 2. The number of nitrogens with zero attached hydrogens (tertiary/aromatic N) is 1. The molecule has 1 aromatic carbocycles. The molecular formula is C14H12ClNO3S. The summed E-state index contributed by atoms with van der Waals surface area (Å²) in [6, 6.07) is 5.09. The number of methoxy groups -OCH3 is 1. The van der Waals surface area contributed by atoms with E-state index in [0.717, 1.165) is 16.7 Å². The van der Waals surface area contributed by atoms with Gasteiger partial charge in [-0.1, -0.05) is 17.7 Å². The van der Waals surface area contributed by atoms with Crippen molar-refractivity contribution in [3.63, 3.8) is 0 Å². The van der Waals surface area contributed by atoms with Crippen LogP contribution in [-0.2, 0) is 4.79 Å². The lowest BCUT2D eigenvalue weighted by molar-refractivity contribution is -0.122. The molecule has 0 unspecified atom stereocenters. The van der Waals surface area contributed by atoms with E-state index in [4.69, 9.17) is 16.3 Å². The van der Waals surface area contributed by atoms with Crippen molar-refractivity contribution in [1.29, 1.82) is 0 Å². The number of amides is 2. The third kappa shape index (κ3) is 2.89. The van der Waals surface area contributed by atoms with E-state index >= 15 is 0 Å². The summed E-state index contributed by atoms with van der Waals surface area (Å²) in [5.41, 5.74) is 0.657. The van der Waals surface area contributed by atoms with Gasteiger partial charge in [-0.15, -0.1) is 6.58 Å². The highest BCUT2D eigenvalue weighted by atomic mass is 35.5. The molecule has 104 valence electrons. The van der Waals surface area contributed by atoms with Crippen molar-refractivity contribution in [3.05, 3.63) is 46.3 Å². The Balaban J connectivity index is 2.37. The number of benzene rings is 1. The van der Waals surface area contributed by atoms with Gasteiger partial charge in [-0.25, -0.2) is 0 Å². The molecule has 1 aromatic rings. The maximum absolute atomic E-state index is 12.1. The Morgan fingerprint density at radius 1 is 1.45 bits per heavy atom. The molecule has 1 aliphatic rings. The van der Waals surface area contributed by atoms with Gasteiger partial charge >= 0.3 is 0 Å². The lowest BCUT2D eigenvalue weighted by Crippen LogP contribution is -2.27. The van der Waals surface area contributed by atoms with Crippen LogP contribution in [0.5, 0.6) is 5.75 Å². The predicted molar refractivity (Wildman–Crippen MR) is 80.9 cm³/mol. The van der Waals surface area contributed by atoms with Gasteiger partial charge in [0.25, 0.3) is 11.1 Å². The summed E-state index contributed by atoms with van der Waals surface area (Å²) < 4.78 is 5.21. The minimum absolute atomic E-state index is 0.203. The van der Waals surface area contributed by atoms with Gasteiger partial charge in [-0.3, -0.25) is 14.5 Å². The number of imide groups is 1. The van der Waals surface area contributed by atoms with Crippen LogP contribution in [-0.4, -0.2) is 29.7 Å². The first-order valence-corrected chi connectivity index (χ1v) is 6.96. The van der Waals surface area contributed by atoms with Crippen LogP contribution in [0.3, 0.4) is 0 Å². The maximum atomic E-state index is 12.1. The van der Waals surface area contributed by atoms with Gasteiger partial charge in [0.15, 0.2) is 0 Å². The Labute approximate surface area is 126 Å². The van der Waals surface area contributed by atoms with Crippen LogP contribution in [0.25, 0.3) is 6.08 Å². The van der Waals surface area contributed by atoms with E-state index in [-0.39, 0.29) is 17.7 Å². The molecule has 1 aliphatic heterocycles. The average molecular weight is 310 g/mol. The number of halogens is 1. The van der Waals surface area contributed by atoms with E-state index in [9.17, 15) is 9.59 Å². The number of hydrogen-bond donors (Lipinski definition) is 0. The Kier molecular flexibility index (Phi) is 4.52. The molecule has 1 heterocycles. The Bertz CT molecular complexity index is 612. The fraction of sp³-hybridized carbons (Fsp3) is 0.143. The topological polar surface area (TPSA) is 46.6 Å². The number of carbonyl (C=O) groups excluding carboxylic acids is 2. The summed E-state index contributed by atoms with van der Waals surface area (Å²) in [6.07, 6.45) is 3.12. The molecule has 20 heavy (non-hydrogen) atoms. The molecule has 1 saturated heterocycles. The van der Waals surface area contributed by atoms with Crippen LogP contribution >= 0.6 is 23.4 Å². The Hall–Kier alpha value is -1.72. The normalized spacial score (nSPS) is 16.9. The second-order valence-corrected chi connectivity index (χ2v) is 5.40. The van der Waals surface area contributed by atoms with Crippen molar-refractivity contribution in [2.24, 2.45) is 0 Å². The van der Waals surface area contributed by atoms with E-state index in [1.54, 1.807) is 24.3 Å². The molecule has 0 radical (unpaired) electrons. The van der Waals surface area contributed by atoms with Gasteiger partial charge in [0, 0.05) is 17.1 Å². The van der Waals surface area contributed by atoms with Crippen LogP contribution in [0.15, 0.2) is 35.8 Å². The number of thioether (sulfide) groups is 1. The number of rotatable bonds is 4. The van der Waals surface area contributed by atoms with Crippen molar-refractivity contribution >= 4 is 40.6 Å². The molecule has 2 rings (SSSR count). The highest BCUT2D eigenvalue weighted by Gasteiger charge is 2.34. The fourth-order valence-corrected chi connectivity index (χ4v) is 2.77. The van der Waals surface area contributed by atoms with Crippen LogP contribution in [0, 0.1) is 0 Å². The van der Waals surface area contributed by atoms with Gasteiger partial charge < -0.3 is 4.74 Å². The lowest BCUT2D eigenvalue weighted by Gasteiger charge is -2.08. The van der Waals surface area contributed by atoms with Crippen LogP contribution < -0.4 is 4.74 Å². The van der Waals surface area contributed by atoms with Gasteiger partial charge in [-0.2, -0.15) is 0 Å². The standard InChI is InChI=1S/C14H12ClNO3S/c1-3-6-16-13(17)12(20-14(16)18)8-9-7-10(15)4-5-11(9)19-2/h3-5,7-8H,1,6H2,2H3/b12-8+. The number of ether oxygens (including phenoxy) is 1. The van der Waals surface area contributed by atoms with E-state index in [1.807, 2.05) is 0 Å². The summed E-state index contributed by atoms with van der Waals surface area (Å²) in [7, 11) is 1.53. The molecule has 0 saturated carbocycles.